The van der Waals surface area contributed by atoms with Gasteiger partial charge in [0, 0.05) is 24.4 Å². The summed E-state index contributed by atoms with van der Waals surface area (Å²) in [7, 11) is 1.86. The van der Waals surface area contributed by atoms with Crippen LogP contribution in [-0.2, 0) is 11.2 Å². The molecule has 1 heterocycles. The van der Waals surface area contributed by atoms with Gasteiger partial charge in [-0.1, -0.05) is 24.3 Å². The largest absolute Gasteiger partial charge is 0.335 e. The SMILES string of the molecule is Cc1nn(-c2ccc(F)cc2)c(C)c1/C=C/C(=O)N(C)C1CCc2ccccc21. The normalized spacial score (nSPS) is 15.7. The first-order valence-corrected chi connectivity index (χ1v) is 9.80. The monoisotopic (exact) mass is 389 g/mol. The van der Waals surface area contributed by atoms with Gasteiger partial charge in [0.15, 0.2) is 0 Å². The average molecular weight is 389 g/mol. The van der Waals surface area contributed by atoms with Gasteiger partial charge in [-0.15, -0.1) is 0 Å². The summed E-state index contributed by atoms with van der Waals surface area (Å²) >= 11 is 0. The highest BCUT2D eigenvalue weighted by Gasteiger charge is 2.27. The van der Waals surface area contributed by atoms with E-state index < -0.39 is 0 Å². The van der Waals surface area contributed by atoms with E-state index in [0.717, 1.165) is 35.5 Å². The zero-order chi connectivity index (χ0) is 20.5. The van der Waals surface area contributed by atoms with Gasteiger partial charge in [0.25, 0.3) is 0 Å². The van der Waals surface area contributed by atoms with E-state index in [9.17, 15) is 9.18 Å². The number of carbonyl (C=O) groups is 1. The number of aryl methyl sites for hydroxylation is 2. The Balaban J connectivity index is 1.55. The summed E-state index contributed by atoms with van der Waals surface area (Å²) in [6.07, 6.45) is 5.41. The molecule has 1 aromatic heterocycles. The number of benzene rings is 2. The van der Waals surface area contributed by atoms with E-state index in [2.05, 4.69) is 17.2 Å². The number of aromatic nitrogens is 2. The quantitative estimate of drug-likeness (QED) is 0.602. The van der Waals surface area contributed by atoms with E-state index in [1.165, 1.54) is 23.3 Å². The second-order valence-electron chi connectivity index (χ2n) is 7.51. The first-order chi connectivity index (χ1) is 14.0. The van der Waals surface area contributed by atoms with Crippen LogP contribution >= 0.6 is 0 Å². The molecule has 1 aliphatic rings. The number of hydrogen-bond donors (Lipinski definition) is 0. The topological polar surface area (TPSA) is 38.1 Å². The Morgan fingerprint density at radius 1 is 1.17 bits per heavy atom. The lowest BCUT2D eigenvalue weighted by molar-refractivity contribution is -0.126. The molecule has 1 aliphatic carbocycles. The summed E-state index contributed by atoms with van der Waals surface area (Å²) in [6, 6.07) is 14.7. The first-order valence-electron chi connectivity index (χ1n) is 9.80. The Bertz CT molecular complexity index is 1080. The molecule has 0 radical (unpaired) electrons. The summed E-state index contributed by atoms with van der Waals surface area (Å²) < 4.78 is 15.0. The van der Waals surface area contributed by atoms with Crippen molar-refractivity contribution in [2.24, 2.45) is 0 Å². The third kappa shape index (κ3) is 3.60. The van der Waals surface area contributed by atoms with Gasteiger partial charge in [-0.05, 0) is 68.2 Å². The molecule has 1 atom stereocenters. The molecule has 0 spiro atoms. The smallest absolute Gasteiger partial charge is 0.246 e. The Morgan fingerprint density at radius 3 is 2.66 bits per heavy atom. The molecule has 0 bridgehead atoms. The minimum absolute atomic E-state index is 0.0277. The minimum atomic E-state index is -0.280. The lowest BCUT2D eigenvalue weighted by Crippen LogP contribution is -2.28. The fourth-order valence-electron chi connectivity index (χ4n) is 4.09. The fourth-order valence-corrected chi connectivity index (χ4v) is 4.09. The molecule has 4 nitrogen and oxygen atoms in total. The lowest BCUT2D eigenvalue weighted by atomic mass is 10.1. The van der Waals surface area contributed by atoms with Gasteiger partial charge in [-0.2, -0.15) is 5.10 Å². The van der Waals surface area contributed by atoms with Crippen molar-refractivity contribution in [3.63, 3.8) is 0 Å². The zero-order valence-electron chi connectivity index (χ0n) is 16.9. The van der Waals surface area contributed by atoms with Crippen molar-refractivity contribution < 1.29 is 9.18 Å². The van der Waals surface area contributed by atoms with Crippen LogP contribution in [0, 0.1) is 19.7 Å². The van der Waals surface area contributed by atoms with Crippen molar-refractivity contribution in [2.75, 3.05) is 7.05 Å². The van der Waals surface area contributed by atoms with Gasteiger partial charge in [0.1, 0.15) is 5.82 Å². The van der Waals surface area contributed by atoms with Crippen LogP contribution in [0.1, 0.15) is 40.5 Å². The maximum atomic E-state index is 13.2. The number of carbonyl (C=O) groups excluding carboxylic acids is 1. The van der Waals surface area contributed by atoms with Crippen LogP contribution in [0.5, 0.6) is 0 Å². The van der Waals surface area contributed by atoms with Crippen LogP contribution in [0.15, 0.2) is 54.6 Å². The van der Waals surface area contributed by atoms with Crippen LogP contribution < -0.4 is 0 Å². The molecule has 0 saturated heterocycles. The molecule has 0 fully saturated rings. The summed E-state index contributed by atoms with van der Waals surface area (Å²) in [6.45, 7) is 3.86. The Hall–Kier alpha value is -3.21. The number of rotatable bonds is 4. The summed E-state index contributed by atoms with van der Waals surface area (Å²) in [5.74, 6) is -0.308. The van der Waals surface area contributed by atoms with E-state index in [-0.39, 0.29) is 17.8 Å². The fraction of sp³-hybridized carbons (Fsp3) is 0.250. The number of likely N-dealkylation sites (N-methyl/N-ethyl adjacent to an activating group) is 1. The van der Waals surface area contributed by atoms with Crippen LogP contribution in [0.4, 0.5) is 4.39 Å². The van der Waals surface area contributed by atoms with E-state index in [4.69, 9.17) is 0 Å². The van der Waals surface area contributed by atoms with Crippen molar-refractivity contribution in [2.45, 2.75) is 32.7 Å². The molecule has 0 N–H and O–H groups in total. The zero-order valence-corrected chi connectivity index (χ0v) is 16.9. The second kappa shape index (κ2) is 7.66. The Kier molecular flexibility index (Phi) is 5.05. The first kappa shape index (κ1) is 19.1. The number of fused-ring (bicyclic) bond motifs is 1. The van der Waals surface area contributed by atoms with Crippen molar-refractivity contribution in [3.05, 3.63) is 88.5 Å². The summed E-state index contributed by atoms with van der Waals surface area (Å²) in [5, 5.41) is 4.56. The van der Waals surface area contributed by atoms with Gasteiger partial charge >= 0.3 is 0 Å². The molecule has 148 valence electrons. The standard InChI is InChI=1S/C24H24FN3O/c1-16-21(17(2)28(26-16)20-11-9-19(25)10-12-20)13-15-24(29)27(3)23-14-8-18-6-4-5-7-22(18)23/h4-7,9-13,15,23H,8,14H2,1-3H3/b15-13+. The van der Waals surface area contributed by atoms with E-state index >= 15 is 0 Å². The summed E-state index contributed by atoms with van der Waals surface area (Å²) in [4.78, 5) is 14.6. The average Bonchev–Trinajstić information content (AvgIpc) is 3.27. The minimum Gasteiger partial charge on any atom is -0.335 e. The number of hydrogen-bond acceptors (Lipinski definition) is 2. The number of nitrogens with zero attached hydrogens (tertiary/aromatic N) is 3. The van der Waals surface area contributed by atoms with Crippen LogP contribution in [0.2, 0.25) is 0 Å². The van der Waals surface area contributed by atoms with Gasteiger partial charge in [-0.3, -0.25) is 4.79 Å². The molecule has 0 saturated carbocycles. The highest BCUT2D eigenvalue weighted by Crippen LogP contribution is 2.35. The van der Waals surface area contributed by atoms with Crippen LogP contribution in [0.3, 0.4) is 0 Å². The molecule has 2 aromatic carbocycles. The van der Waals surface area contributed by atoms with Gasteiger partial charge < -0.3 is 4.90 Å². The molecule has 3 aromatic rings. The molecule has 5 heteroatoms. The predicted octanol–water partition coefficient (Wildman–Crippen LogP) is 4.79. The Labute approximate surface area is 170 Å². The molecule has 1 unspecified atom stereocenters. The van der Waals surface area contributed by atoms with Crippen molar-refractivity contribution in [1.82, 2.24) is 14.7 Å². The highest BCUT2D eigenvalue weighted by molar-refractivity contribution is 5.92. The van der Waals surface area contributed by atoms with Crippen LogP contribution in [0.25, 0.3) is 11.8 Å². The second-order valence-corrected chi connectivity index (χ2v) is 7.51. The lowest BCUT2D eigenvalue weighted by Gasteiger charge is -2.24. The summed E-state index contributed by atoms with van der Waals surface area (Å²) in [5.41, 5.74) is 6.00. The molecule has 0 aliphatic heterocycles. The van der Waals surface area contributed by atoms with Gasteiger partial charge in [-0.25, -0.2) is 9.07 Å². The van der Waals surface area contributed by atoms with Gasteiger partial charge in [0.05, 0.1) is 17.4 Å². The van der Waals surface area contributed by atoms with Crippen molar-refractivity contribution in [3.8, 4) is 5.69 Å². The molecule has 4 rings (SSSR count). The number of amides is 1. The molecular weight excluding hydrogens is 365 g/mol. The van der Waals surface area contributed by atoms with E-state index in [1.807, 2.05) is 44.0 Å². The maximum Gasteiger partial charge on any atom is 0.246 e. The maximum absolute atomic E-state index is 13.2. The van der Waals surface area contributed by atoms with E-state index in [0.29, 0.717) is 0 Å². The third-order valence-electron chi connectivity index (χ3n) is 5.73. The third-order valence-corrected chi connectivity index (χ3v) is 5.73. The number of halogens is 1. The highest BCUT2D eigenvalue weighted by atomic mass is 19.1. The predicted molar refractivity (Wildman–Crippen MR) is 112 cm³/mol. The van der Waals surface area contributed by atoms with Crippen LogP contribution in [-0.4, -0.2) is 27.6 Å². The van der Waals surface area contributed by atoms with Gasteiger partial charge in [0.2, 0.25) is 5.91 Å². The Morgan fingerprint density at radius 2 is 1.90 bits per heavy atom. The molecule has 1 amide bonds. The van der Waals surface area contributed by atoms with Crippen molar-refractivity contribution in [1.29, 1.82) is 0 Å². The van der Waals surface area contributed by atoms with Crippen molar-refractivity contribution >= 4 is 12.0 Å². The van der Waals surface area contributed by atoms with E-state index in [1.54, 1.807) is 22.9 Å². The molecule has 29 heavy (non-hydrogen) atoms. The molecular formula is C24H24FN3O.